The van der Waals surface area contributed by atoms with Crippen LogP contribution in [0, 0.1) is 5.92 Å². The largest absolute Gasteiger partial charge is 0.276 e. The van der Waals surface area contributed by atoms with Gasteiger partial charge in [0, 0.05) is 18.3 Å². The van der Waals surface area contributed by atoms with E-state index >= 15 is 0 Å². The molecule has 1 radical (unpaired) electrons. The van der Waals surface area contributed by atoms with Gasteiger partial charge in [-0.3, -0.25) is 15.4 Å². The Kier molecular flexibility index (Phi) is 5.96. The number of nitrogens with one attached hydrogen (secondary N) is 1. The second kappa shape index (κ2) is 9.15. The highest BCUT2D eigenvalue weighted by atomic mass is 15.3. The van der Waals surface area contributed by atoms with E-state index in [2.05, 4.69) is 35.9 Å². The van der Waals surface area contributed by atoms with Gasteiger partial charge in [-0.2, -0.15) is 5.10 Å². The van der Waals surface area contributed by atoms with Crippen molar-refractivity contribution >= 4 is 24.2 Å². The predicted molar refractivity (Wildman–Crippen MR) is 124 cm³/mol. The third kappa shape index (κ3) is 4.21. The molecule has 1 unspecified atom stereocenters. The van der Waals surface area contributed by atoms with Gasteiger partial charge in [-0.1, -0.05) is 68.4 Å². The van der Waals surface area contributed by atoms with E-state index in [0.717, 1.165) is 41.5 Å². The van der Waals surface area contributed by atoms with Crippen LogP contribution in [0.5, 0.6) is 0 Å². The van der Waals surface area contributed by atoms with Gasteiger partial charge in [-0.05, 0) is 43.0 Å². The molecule has 2 saturated carbocycles. The minimum absolute atomic E-state index is 0.336. The lowest BCUT2D eigenvalue weighted by atomic mass is 9.59. The van der Waals surface area contributed by atoms with Crippen LogP contribution in [-0.2, 0) is 0 Å². The summed E-state index contributed by atoms with van der Waals surface area (Å²) in [4.78, 5) is 9.44. The van der Waals surface area contributed by atoms with Crippen molar-refractivity contribution in [2.75, 3.05) is 0 Å². The summed E-state index contributed by atoms with van der Waals surface area (Å²) in [7, 11) is 2.41. The average molecular weight is 397 g/mol. The topological polar surface area (TPSA) is 50.2 Å². The maximum atomic E-state index is 4.85. The fourth-order valence-electron chi connectivity index (χ4n) is 5.25. The van der Waals surface area contributed by atoms with Gasteiger partial charge >= 0.3 is 0 Å². The maximum Gasteiger partial charge on any atom is 0.157 e. The molecule has 4 nitrogen and oxygen atoms in total. The second-order valence-corrected chi connectivity index (χ2v) is 8.92. The third-order valence-electron chi connectivity index (χ3n) is 6.85. The number of allylic oxidation sites excluding steroid dienone is 1. The van der Waals surface area contributed by atoms with E-state index in [9.17, 15) is 0 Å². The van der Waals surface area contributed by atoms with Crippen LogP contribution in [0.2, 0.25) is 5.82 Å². The Labute approximate surface area is 180 Å². The van der Waals surface area contributed by atoms with Crippen molar-refractivity contribution in [1.29, 1.82) is 0 Å². The first-order valence-electron chi connectivity index (χ1n) is 11.7. The van der Waals surface area contributed by atoms with E-state index < -0.39 is 0 Å². The summed E-state index contributed by atoms with van der Waals surface area (Å²) < 4.78 is 0. The van der Waals surface area contributed by atoms with Gasteiger partial charge < -0.3 is 0 Å². The number of rotatable bonds is 4. The molecule has 0 saturated heterocycles. The molecule has 2 aromatic rings. The van der Waals surface area contributed by atoms with Crippen LogP contribution in [0.25, 0.3) is 5.70 Å². The Morgan fingerprint density at radius 1 is 0.833 bits per heavy atom. The van der Waals surface area contributed by atoms with Gasteiger partial charge in [0.2, 0.25) is 0 Å². The minimum Gasteiger partial charge on any atom is -0.276 e. The fraction of sp³-hybridized carbons (Fsp3) is 0.480. The molecule has 3 aliphatic rings. The van der Waals surface area contributed by atoms with Gasteiger partial charge in [0.1, 0.15) is 0 Å². The summed E-state index contributed by atoms with van der Waals surface area (Å²) in [6.45, 7) is 0. The van der Waals surface area contributed by atoms with E-state index in [0.29, 0.717) is 5.92 Å². The smallest absolute Gasteiger partial charge is 0.157 e. The number of aromatic nitrogens is 2. The van der Waals surface area contributed by atoms with Gasteiger partial charge in [0.25, 0.3) is 0 Å². The van der Waals surface area contributed by atoms with Crippen LogP contribution >= 0.6 is 0 Å². The number of nitrogens with zero attached hydrogens (tertiary/aromatic N) is 3. The summed E-state index contributed by atoms with van der Waals surface area (Å²) in [5.74, 6) is 1.07. The summed E-state index contributed by atoms with van der Waals surface area (Å²) in [6, 6.07) is 10.5. The molecule has 153 valence electrons. The van der Waals surface area contributed by atoms with E-state index in [-0.39, 0.29) is 0 Å². The molecule has 2 aromatic heterocycles. The lowest BCUT2D eigenvalue weighted by Crippen LogP contribution is -2.30. The molecule has 2 aliphatic carbocycles. The molecule has 0 amide bonds. The number of fused-ring (bicyclic) bond motifs is 1. The van der Waals surface area contributed by atoms with Crippen molar-refractivity contribution in [3.8, 4) is 0 Å². The molecule has 3 heterocycles. The molecule has 0 spiro atoms. The van der Waals surface area contributed by atoms with Crippen molar-refractivity contribution < 1.29 is 0 Å². The molecule has 0 aromatic carbocycles. The lowest BCUT2D eigenvalue weighted by Gasteiger charge is -2.30. The third-order valence-corrected chi connectivity index (χ3v) is 6.85. The minimum atomic E-state index is 0.336. The van der Waals surface area contributed by atoms with E-state index in [4.69, 9.17) is 10.1 Å². The second-order valence-electron chi connectivity index (χ2n) is 8.92. The number of pyridine rings is 2. The zero-order chi connectivity index (χ0) is 20.2. The van der Waals surface area contributed by atoms with Crippen molar-refractivity contribution in [2.24, 2.45) is 11.0 Å². The summed E-state index contributed by atoms with van der Waals surface area (Å²) in [6.07, 6.45) is 16.6. The monoisotopic (exact) mass is 397 g/mol. The molecule has 1 aliphatic heterocycles. The Bertz CT molecular complexity index is 914. The molecule has 5 rings (SSSR count). The first-order chi connectivity index (χ1) is 14.9. The first-order valence-corrected chi connectivity index (χ1v) is 11.7. The van der Waals surface area contributed by atoms with E-state index in [1.54, 1.807) is 0 Å². The molecular weight excluding hydrogens is 367 g/mol. The highest BCUT2D eigenvalue weighted by Gasteiger charge is 2.30. The number of hydrazone groups is 1. The predicted octanol–water partition coefficient (Wildman–Crippen LogP) is 4.86. The van der Waals surface area contributed by atoms with Crippen molar-refractivity contribution in [2.45, 2.75) is 70.0 Å². The van der Waals surface area contributed by atoms with Crippen LogP contribution in [-0.4, -0.2) is 23.0 Å². The molecular formula is C25H30BN4. The normalized spacial score (nSPS) is 22.5. The molecule has 2 fully saturated rings. The Morgan fingerprint density at radius 3 is 2.50 bits per heavy atom. The summed E-state index contributed by atoms with van der Waals surface area (Å²) in [5.41, 5.74) is 10.3. The quantitative estimate of drug-likeness (QED) is 0.750. The highest BCUT2D eigenvalue weighted by Crippen LogP contribution is 2.36. The van der Waals surface area contributed by atoms with Gasteiger partial charge in [-0.15, -0.1) is 0 Å². The summed E-state index contributed by atoms with van der Waals surface area (Å²) in [5, 5.41) is 4.82. The molecule has 30 heavy (non-hydrogen) atoms. The van der Waals surface area contributed by atoms with Crippen LogP contribution in [0.4, 0.5) is 0 Å². The Balaban J connectivity index is 1.43. The first kappa shape index (κ1) is 19.5. The fourth-order valence-corrected chi connectivity index (χ4v) is 5.25. The Morgan fingerprint density at radius 2 is 1.70 bits per heavy atom. The van der Waals surface area contributed by atoms with Gasteiger partial charge in [0.05, 0.1) is 22.8 Å². The molecule has 1 N–H and O–H groups in total. The van der Waals surface area contributed by atoms with Crippen LogP contribution in [0.15, 0.2) is 53.4 Å². The zero-order valence-electron chi connectivity index (χ0n) is 17.7. The molecule has 5 heteroatoms. The summed E-state index contributed by atoms with van der Waals surface area (Å²) >= 11 is 0. The van der Waals surface area contributed by atoms with Crippen LogP contribution < -0.4 is 10.9 Å². The highest BCUT2D eigenvalue weighted by molar-refractivity contribution is 6.54. The average Bonchev–Trinajstić information content (AvgIpc) is 3.28. The number of hydrogen-bond acceptors (Lipinski definition) is 4. The van der Waals surface area contributed by atoms with E-state index in [1.165, 1.54) is 62.4 Å². The van der Waals surface area contributed by atoms with Crippen molar-refractivity contribution in [1.82, 2.24) is 15.4 Å². The van der Waals surface area contributed by atoms with Crippen molar-refractivity contribution in [3.05, 3.63) is 59.7 Å². The maximum absolute atomic E-state index is 4.85. The SMILES string of the molecule is [B](c1ccc(C2=C3CCCCCCC3C(c3ccccn3)=NN2)nc1)C1CCCC1. The Hall–Kier alpha value is -2.43. The van der Waals surface area contributed by atoms with Gasteiger partial charge in [-0.25, -0.2) is 0 Å². The van der Waals surface area contributed by atoms with Crippen LogP contribution in [0.1, 0.15) is 75.6 Å². The lowest BCUT2D eigenvalue weighted by molar-refractivity contribution is 0.521. The van der Waals surface area contributed by atoms with Crippen LogP contribution in [0.3, 0.4) is 0 Å². The molecule has 1 atom stereocenters. The van der Waals surface area contributed by atoms with Gasteiger partial charge in [0.15, 0.2) is 7.28 Å². The van der Waals surface area contributed by atoms with Crippen molar-refractivity contribution in [3.63, 3.8) is 0 Å². The molecule has 0 bridgehead atoms. The number of hydrogen-bond donors (Lipinski definition) is 1. The standard InChI is InChI=1S/C25H30BN4/c1-2-4-12-21-20(11-3-1)24(22-13-7-8-16-27-22)29-30-25(21)23-15-14-19(17-28-23)26-18-9-5-6-10-18/h7-8,13-18,20,30H,1-6,9-12H2. The van der Waals surface area contributed by atoms with E-state index in [1.807, 2.05) is 24.5 Å². The zero-order valence-corrected chi connectivity index (χ0v) is 17.7.